The molecule has 0 saturated heterocycles. The Bertz CT molecular complexity index is 910. The molecule has 2 N–H and O–H groups in total. The van der Waals surface area contributed by atoms with Crippen molar-refractivity contribution in [1.82, 2.24) is 9.78 Å². The number of anilines is 1. The fourth-order valence-electron chi connectivity index (χ4n) is 2.93. The lowest BCUT2D eigenvalue weighted by Crippen LogP contribution is -2.17. The minimum atomic E-state index is -2.98. The maximum absolute atomic E-state index is 12.6. The molecule has 10 heteroatoms. The van der Waals surface area contributed by atoms with E-state index < -0.39 is 11.9 Å². The van der Waals surface area contributed by atoms with Crippen LogP contribution in [0.25, 0.3) is 0 Å². The number of aromatic amines is 1. The maximum Gasteiger partial charge on any atom is 0.387 e. The third-order valence-corrected chi connectivity index (χ3v) is 5.36. The van der Waals surface area contributed by atoms with Gasteiger partial charge in [0.05, 0.1) is 23.7 Å². The van der Waals surface area contributed by atoms with Crippen LogP contribution in [0.15, 0.2) is 23.0 Å². The standard InChI is InChI=1S/C17H19F2N3O4S/c1-8(2)22-15-13(16(24)21-22)14(27-7-12(23)20-15)9-4-5-10(26-17(18)19)11(6-9)25-3/h4-6,8,14,17H,7H2,1-3H3,(H,20,23)(H,21,24). The average molecular weight is 399 g/mol. The second kappa shape index (κ2) is 7.63. The molecule has 1 aromatic carbocycles. The molecular weight excluding hydrogens is 380 g/mol. The van der Waals surface area contributed by atoms with E-state index in [0.717, 1.165) is 0 Å². The maximum atomic E-state index is 12.6. The predicted octanol–water partition coefficient (Wildman–Crippen LogP) is 3.14. The van der Waals surface area contributed by atoms with Gasteiger partial charge in [0.15, 0.2) is 11.5 Å². The molecule has 7 nitrogen and oxygen atoms in total. The molecule has 3 rings (SSSR count). The molecule has 1 amide bonds. The molecular formula is C17H19F2N3O4S. The number of methoxy groups -OCH3 is 1. The van der Waals surface area contributed by atoms with E-state index in [1.807, 2.05) is 13.8 Å². The lowest BCUT2D eigenvalue weighted by molar-refractivity contribution is -0.113. The summed E-state index contributed by atoms with van der Waals surface area (Å²) in [5, 5.41) is 5.05. The zero-order valence-electron chi connectivity index (χ0n) is 14.9. The number of fused-ring (bicyclic) bond motifs is 1. The molecule has 0 aliphatic carbocycles. The summed E-state index contributed by atoms with van der Waals surface area (Å²) in [6.07, 6.45) is 0. The molecule has 1 aliphatic rings. The summed E-state index contributed by atoms with van der Waals surface area (Å²) in [4.78, 5) is 24.7. The molecule has 0 bridgehead atoms. The van der Waals surface area contributed by atoms with Gasteiger partial charge in [-0.1, -0.05) is 6.07 Å². The summed E-state index contributed by atoms with van der Waals surface area (Å²) < 4.78 is 36.3. The number of nitrogens with zero attached hydrogens (tertiary/aromatic N) is 1. The number of halogens is 2. The average Bonchev–Trinajstić information content (AvgIpc) is 2.81. The van der Waals surface area contributed by atoms with Gasteiger partial charge in [-0.25, -0.2) is 0 Å². The lowest BCUT2D eigenvalue weighted by atomic mass is 10.1. The van der Waals surface area contributed by atoms with Gasteiger partial charge in [0.25, 0.3) is 5.56 Å². The lowest BCUT2D eigenvalue weighted by Gasteiger charge is -2.17. The number of benzene rings is 1. The predicted molar refractivity (Wildman–Crippen MR) is 98.0 cm³/mol. The number of carbonyl (C=O) groups excluding carboxylic acids is 1. The van der Waals surface area contributed by atoms with Crippen LogP contribution in [-0.4, -0.2) is 35.2 Å². The van der Waals surface area contributed by atoms with E-state index in [0.29, 0.717) is 16.9 Å². The van der Waals surface area contributed by atoms with Crippen molar-refractivity contribution in [3.63, 3.8) is 0 Å². The first-order chi connectivity index (χ1) is 12.8. The van der Waals surface area contributed by atoms with Crippen molar-refractivity contribution in [2.45, 2.75) is 31.8 Å². The number of aromatic nitrogens is 2. The molecule has 0 spiro atoms. The van der Waals surface area contributed by atoms with E-state index in [-0.39, 0.29) is 34.8 Å². The van der Waals surface area contributed by atoms with Crippen molar-refractivity contribution in [3.8, 4) is 11.5 Å². The smallest absolute Gasteiger partial charge is 0.387 e. The highest BCUT2D eigenvalue weighted by Gasteiger charge is 2.31. The van der Waals surface area contributed by atoms with E-state index >= 15 is 0 Å². The summed E-state index contributed by atoms with van der Waals surface area (Å²) in [6.45, 7) is 0.789. The van der Waals surface area contributed by atoms with Crippen molar-refractivity contribution in [2.24, 2.45) is 0 Å². The quantitative estimate of drug-likeness (QED) is 0.807. The summed E-state index contributed by atoms with van der Waals surface area (Å²) in [6, 6.07) is 4.43. The summed E-state index contributed by atoms with van der Waals surface area (Å²) >= 11 is 1.28. The largest absolute Gasteiger partial charge is 0.493 e. The first-order valence-electron chi connectivity index (χ1n) is 8.20. The van der Waals surface area contributed by atoms with Crippen LogP contribution in [-0.2, 0) is 4.79 Å². The van der Waals surface area contributed by atoms with Crippen LogP contribution in [0.1, 0.15) is 36.3 Å². The molecule has 1 unspecified atom stereocenters. The number of amides is 1. The van der Waals surface area contributed by atoms with Gasteiger partial charge in [-0.05, 0) is 31.5 Å². The van der Waals surface area contributed by atoms with Gasteiger partial charge in [0.1, 0.15) is 5.82 Å². The zero-order chi connectivity index (χ0) is 19.7. The van der Waals surface area contributed by atoms with Crippen molar-refractivity contribution >= 4 is 23.5 Å². The minimum Gasteiger partial charge on any atom is -0.493 e. The van der Waals surface area contributed by atoms with Gasteiger partial charge in [0, 0.05) is 6.04 Å². The molecule has 146 valence electrons. The fraction of sp³-hybridized carbons (Fsp3) is 0.412. The monoisotopic (exact) mass is 399 g/mol. The van der Waals surface area contributed by atoms with Crippen molar-refractivity contribution in [2.75, 3.05) is 18.2 Å². The number of hydrogen-bond donors (Lipinski definition) is 2. The third-order valence-electron chi connectivity index (χ3n) is 4.09. The first kappa shape index (κ1) is 19.3. The molecule has 27 heavy (non-hydrogen) atoms. The number of hydrogen-bond acceptors (Lipinski definition) is 5. The second-order valence-electron chi connectivity index (χ2n) is 6.19. The summed E-state index contributed by atoms with van der Waals surface area (Å²) in [7, 11) is 1.34. The van der Waals surface area contributed by atoms with E-state index in [1.54, 1.807) is 16.8 Å². The Morgan fingerprint density at radius 3 is 2.63 bits per heavy atom. The van der Waals surface area contributed by atoms with Gasteiger partial charge in [-0.2, -0.15) is 8.78 Å². The highest BCUT2D eigenvalue weighted by Crippen LogP contribution is 2.42. The Balaban J connectivity index is 2.10. The van der Waals surface area contributed by atoms with Crippen LogP contribution < -0.4 is 20.3 Å². The van der Waals surface area contributed by atoms with E-state index in [4.69, 9.17) is 4.74 Å². The molecule has 0 saturated carbocycles. The molecule has 1 atom stereocenters. The number of alkyl halides is 2. The van der Waals surface area contributed by atoms with Crippen LogP contribution in [0.5, 0.6) is 11.5 Å². The topological polar surface area (TPSA) is 85.4 Å². The SMILES string of the molecule is COc1cc(C2SCC(=O)Nc3c2c(=O)[nH]n3C(C)C)ccc1OC(F)F. The Labute approximate surface area is 158 Å². The van der Waals surface area contributed by atoms with Crippen LogP contribution in [0.4, 0.5) is 14.6 Å². The van der Waals surface area contributed by atoms with Gasteiger partial charge in [-0.15, -0.1) is 11.8 Å². The van der Waals surface area contributed by atoms with Gasteiger partial charge < -0.3 is 14.8 Å². The number of rotatable bonds is 5. The number of thioether (sulfide) groups is 1. The summed E-state index contributed by atoms with van der Waals surface area (Å²) in [5.74, 6) is 0.369. The third kappa shape index (κ3) is 3.80. The van der Waals surface area contributed by atoms with Gasteiger partial charge in [0.2, 0.25) is 5.91 Å². The highest BCUT2D eigenvalue weighted by atomic mass is 32.2. The van der Waals surface area contributed by atoms with E-state index in [9.17, 15) is 18.4 Å². The molecule has 1 aromatic heterocycles. The number of ether oxygens (including phenoxy) is 2. The van der Waals surface area contributed by atoms with Crippen LogP contribution in [0, 0.1) is 0 Å². The van der Waals surface area contributed by atoms with Gasteiger partial charge in [-0.3, -0.25) is 19.4 Å². The minimum absolute atomic E-state index is 0.0677. The molecule has 2 aromatic rings. The number of H-pyrrole nitrogens is 1. The first-order valence-corrected chi connectivity index (χ1v) is 9.25. The highest BCUT2D eigenvalue weighted by molar-refractivity contribution is 8.00. The normalized spacial score (nSPS) is 16.9. The number of carbonyl (C=O) groups is 1. The Kier molecular flexibility index (Phi) is 5.45. The van der Waals surface area contributed by atoms with Crippen LogP contribution in [0.3, 0.4) is 0 Å². The van der Waals surface area contributed by atoms with Gasteiger partial charge >= 0.3 is 6.61 Å². The molecule has 0 radical (unpaired) electrons. The Morgan fingerprint density at radius 2 is 2.00 bits per heavy atom. The van der Waals surface area contributed by atoms with Crippen molar-refractivity contribution < 1.29 is 23.0 Å². The van der Waals surface area contributed by atoms with Crippen molar-refractivity contribution in [1.29, 1.82) is 0 Å². The van der Waals surface area contributed by atoms with Crippen LogP contribution in [0.2, 0.25) is 0 Å². The van der Waals surface area contributed by atoms with E-state index in [1.165, 1.54) is 24.9 Å². The molecule has 2 heterocycles. The summed E-state index contributed by atoms with van der Waals surface area (Å²) in [5.41, 5.74) is 0.734. The van der Waals surface area contributed by atoms with Crippen molar-refractivity contribution in [3.05, 3.63) is 39.7 Å². The zero-order valence-corrected chi connectivity index (χ0v) is 15.7. The fourth-order valence-corrected chi connectivity index (χ4v) is 4.05. The number of nitrogens with one attached hydrogen (secondary N) is 2. The second-order valence-corrected chi connectivity index (χ2v) is 7.29. The van der Waals surface area contributed by atoms with Crippen LogP contribution >= 0.6 is 11.8 Å². The Hall–Kier alpha value is -2.49. The molecule has 1 aliphatic heterocycles. The Morgan fingerprint density at radius 1 is 1.26 bits per heavy atom. The van der Waals surface area contributed by atoms with E-state index in [2.05, 4.69) is 15.2 Å². The molecule has 0 fully saturated rings.